The molecular formula is C14H16N2O4S3. The van der Waals surface area contributed by atoms with Gasteiger partial charge in [0.2, 0.25) is 0 Å². The highest BCUT2D eigenvalue weighted by molar-refractivity contribution is 7.97. The molecule has 1 fully saturated rings. The van der Waals surface area contributed by atoms with Gasteiger partial charge in [0.15, 0.2) is 19.7 Å². The molecule has 0 unspecified atom stereocenters. The van der Waals surface area contributed by atoms with Crippen LogP contribution >= 0.6 is 11.3 Å². The summed E-state index contributed by atoms with van der Waals surface area (Å²) in [6, 6.07) is 6.17. The number of pyridine rings is 1. The largest absolute Gasteiger partial charge is 0.308 e. The van der Waals surface area contributed by atoms with E-state index < -0.39 is 31.0 Å². The molecular weight excluding hydrogens is 356 g/mol. The van der Waals surface area contributed by atoms with E-state index in [0.29, 0.717) is 6.54 Å². The summed E-state index contributed by atoms with van der Waals surface area (Å²) in [6.45, 7) is 0.402. The van der Waals surface area contributed by atoms with Crippen LogP contribution < -0.4 is 5.32 Å². The molecule has 6 nitrogen and oxygen atoms in total. The Labute approximate surface area is 139 Å². The molecule has 2 atom stereocenters. The van der Waals surface area contributed by atoms with Crippen molar-refractivity contribution in [1.29, 1.82) is 0 Å². The number of nitrogens with one attached hydrogen (secondary N) is 1. The molecule has 9 heteroatoms. The zero-order valence-electron chi connectivity index (χ0n) is 12.1. The van der Waals surface area contributed by atoms with E-state index in [9.17, 15) is 16.8 Å². The molecule has 0 aliphatic carbocycles. The van der Waals surface area contributed by atoms with Crippen LogP contribution in [0.4, 0.5) is 0 Å². The molecule has 0 bridgehead atoms. The Balaban J connectivity index is 1.83. The van der Waals surface area contributed by atoms with Crippen LogP contribution in [0.5, 0.6) is 0 Å². The van der Waals surface area contributed by atoms with E-state index in [2.05, 4.69) is 10.3 Å². The highest BCUT2D eigenvalue weighted by Gasteiger charge is 2.45. The molecule has 3 heterocycles. The van der Waals surface area contributed by atoms with Crippen LogP contribution in [-0.4, -0.2) is 44.6 Å². The topological polar surface area (TPSA) is 93.2 Å². The van der Waals surface area contributed by atoms with E-state index in [1.54, 1.807) is 36.0 Å². The lowest BCUT2D eigenvalue weighted by atomic mass is 10.2. The Morgan fingerprint density at radius 3 is 2.61 bits per heavy atom. The molecule has 0 aromatic carbocycles. The highest BCUT2D eigenvalue weighted by atomic mass is 32.2. The van der Waals surface area contributed by atoms with Crippen LogP contribution in [0.25, 0.3) is 0 Å². The van der Waals surface area contributed by atoms with Gasteiger partial charge in [-0.1, -0.05) is 6.07 Å². The molecule has 2 aromatic rings. The Morgan fingerprint density at radius 2 is 1.96 bits per heavy atom. The van der Waals surface area contributed by atoms with Crippen LogP contribution in [0.1, 0.15) is 5.56 Å². The first kappa shape index (κ1) is 16.6. The predicted octanol–water partition coefficient (Wildman–Crippen LogP) is 0.872. The normalized spacial score (nSPS) is 23.8. The maximum Gasteiger partial charge on any atom is 0.193 e. The van der Waals surface area contributed by atoms with Crippen molar-refractivity contribution in [2.45, 2.75) is 22.0 Å². The van der Waals surface area contributed by atoms with Gasteiger partial charge in [-0.15, -0.1) is 11.3 Å². The van der Waals surface area contributed by atoms with Crippen molar-refractivity contribution in [3.63, 3.8) is 0 Å². The molecule has 1 N–H and O–H groups in total. The molecule has 124 valence electrons. The zero-order chi connectivity index (χ0) is 16.5. The molecule has 0 spiro atoms. The number of rotatable bonds is 5. The Hall–Kier alpha value is -1.29. The van der Waals surface area contributed by atoms with Crippen LogP contribution in [0.2, 0.25) is 0 Å². The van der Waals surface area contributed by atoms with Crippen molar-refractivity contribution in [2.24, 2.45) is 0 Å². The van der Waals surface area contributed by atoms with Crippen LogP contribution in [0, 0.1) is 0 Å². The fourth-order valence-electron chi connectivity index (χ4n) is 2.64. The van der Waals surface area contributed by atoms with Gasteiger partial charge < -0.3 is 5.32 Å². The van der Waals surface area contributed by atoms with Gasteiger partial charge in [-0.25, -0.2) is 16.8 Å². The third-order valence-corrected chi connectivity index (χ3v) is 9.37. The van der Waals surface area contributed by atoms with Crippen molar-refractivity contribution >= 4 is 31.0 Å². The third kappa shape index (κ3) is 3.63. The second-order valence-corrected chi connectivity index (χ2v) is 10.9. The number of sulfone groups is 2. The maximum atomic E-state index is 12.7. The first-order chi connectivity index (χ1) is 10.9. The van der Waals surface area contributed by atoms with Crippen molar-refractivity contribution in [3.05, 3.63) is 47.6 Å². The molecule has 0 amide bonds. The summed E-state index contributed by atoms with van der Waals surface area (Å²) >= 11 is 1.11. The molecule has 23 heavy (non-hydrogen) atoms. The van der Waals surface area contributed by atoms with Gasteiger partial charge >= 0.3 is 0 Å². The van der Waals surface area contributed by atoms with E-state index in [1.165, 1.54) is 6.07 Å². The molecule has 0 radical (unpaired) electrons. The SMILES string of the molecule is O=S1(=O)C[C@H](NCc2ccncc2)[C@@H](S(=O)(=O)c2cccs2)C1. The minimum absolute atomic E-state index is 0.159. The van der Waals surface area contributed by atoms with Gasteiger partial charge in [-0.3, -0.25) is 4.98 Å². The Morgan fingerprint density at radius 1 is 1.22 bits per heavy atom. The van der Waals surface area contributed by atoms with Gasteiger partial charge in [0.1, 0.15) is 4.21 Å². The third-order valence-electron chi connectivity index (χ3n) is 3.79. The fourth-order valence-corrected chi connectivity index (χ4v) is 8.58. The van der Waals surface area contributed by atoms with Crippen LogP contribution in [0.15, 0.2) is 46.2 Å². The van der Waals surface area contributed by atoms with E-state index in [4.69, 9.17) is 0 Å². The zero-order valence-corrected chi connectivity index (χ0v) is 14.6. The number of thiophene rings is 1. The number of aromatic nitrogens is 1. The summed E-state index contributed by atoms with van der Waals surface area (Å²) in [5, 5.41) is 3.82. The molecule has 1 aliphatic heterocycles. The van der Waals surface area contributed by atoms with Crippen molar-refractivity contribution in [3.8, 4) is 0 Å². The second kappa shape index (κ2) is 6.31. The van der Waals surface area contributed by atoms with Gasteiger partial charge in [0.05, 0.1) is 16.8 Å². The van der Waals surface area contributed by atoms with E-state index >= 15 is 0 Å². The maximum absolute atomic E-state index is 12.7. The predicted molar refractivity (Wildman–Crippen MR) is 88.8 cm³/mol. The molecule has 1 saturated heterocycles. The standard InChI is InChI=1S/C14H16N2O4S3/c17-22(18)9-12(16-8-11-3-5-15-6-4-11)13(10-22)23(19,20)14-2-1-7-21-14/h1-7,12-13,16H,8-10H2/t12-,13-/m0/s1. The quantitative estimate of drug-likeness (QED) is 0.837. The summed E-state index contributed by atoms with van der Waals surface area (Å²) in [7, 11) is -7.03. The van der Waals surface area contributed by atoms with Crippen molar-refractivity contribution in [2.75, 3.05) is 11.5 Å². The lowest BCUT2D eigenvalue weighted by Gasteiger charge is -2.19. The van der Waals surface area contributed by atoms with Crippen LogP contribution in [0.3, 0.4) is 0 Å². The van der Waals surface area contributed by atoms with Crippen LogP contribution in [-0.2, 0) is 26.2 Å². The number of hydrogen-bond donors (Lipinski definition) is 1. The highest BCUT2D eigenvalue weighted by Crippen LogP contribution is 2.28. The van der Waals surface area contributed by atoms with Gasteiger partial charge in [0.25, 0.3) is 0 Å². The Kier molecular flexibility index (Phi) is 4.54. The lowest BCUT2D eigenvalue weighted by Crippen LogP contribution is -2.42. The molecule has 1 aliphatic rings. The van der Waals surface area contributed by atoms with Gasteiger partial charge in [-0.05, 0) is 29.1 Å². The Bertz CT molecular complexity index is 862. The van der Waals surface area contributed by atoms with Crippen molar-refractivity contribution in [1.82, 2.24) is 10.3 Å². The molecule has 2 aromatic heterocycles. The van der Waals surface area contributed by atoms with Crippen molar-refractivity contribution < 1.29 is 16.8 Å². The van der Waals surface area contributed by atoms with E-state index in [1.807, 2.05) is 0 Å². The van der Waals surface area contributed by atoms with E-state index in [-0.39, 0.29) is 15.7 Å². The number of hydrogen-bond acceptors (Lipinski definition) is 7. The minimum Gasteiger partial charge on any atom is -0.308 e. The van der Waals surface area contributed by atoms with Gasteiger partial charge in [-0.2, -0.15) is 0 Å². The average molecular weight is 372 g/mol. The monoisotopic (exact) mass is 372 g/mol. The minimum atomic E-state index is -3.66. The molecule has 0 saturated carbocycles. The van der Waals surface area contributed by atoms with Gasteiger partial charge in [0, 0.05) is 25.0 Å². The first-order valence-corrected chi connectivity index (χ1v) is 11.2. The lowest BCUT2D eigenvalue weighted by molar-refractivity contribution is 0.527. The summed E-state index contributed by atoms with van der Waals surface area (Å²) in [6.07, 6.45) is 3.28. The summed E-state index contributed by atoms with van der Waals surface area (Å²) in [5.41, 5.74) is 0.927. The first-order valence-electron chi connectivity index (χ1n) is 6.99. The molecule has 3 rings (SSSR count). The summed E-state index contributed by atoms with van der Waals surface area (Å²) < 4.78 is 49.6. The fraction of sp³-hybridized carbons (Fsp3) is 0.357. The smallest absolute Gasteiger partial charge is 0.193 e. The summed E-state index contributed by atoms with van der Waals surface area (Å²) in [4.78, 5) is 3.92. The second-order valence-electron chi connectivity index (χ2n) is 5.44. The average Bonchev–Trinajstić information content (AvgIpc) is 3.14. The van der Waals surface area contributed by atoms with E-state index in [0.717, 1.165) is 16.9 Å². The number of nitrogens with zero attached hydrogens (tertiary/aromatic N) is 1. The summed E-state index contributed by atoms with van der Waals surface area (Å²) in [5.74, 6) is -0.491.